The van der Waals surface area contributed by atoms with Crippen LogP contribution in [-0.2, 0) is 4.79 Å². The molecule has 3 rings (SSSR count). The molecule has 1 amide bonds. The first kappa shape index (κ1) is 20.5. The molecule has 2 atom stereocenters. The number of nitrogens with zero attached hydrogens (tertiary/aromatic N) is 1. The molecule has 150 valence electrons. The van der Waals surface area contributed by atoms with Crippen molar-refractivity contribution < 1.29 is 14.3 Å². The summed E-state index contributed by atoms with van der Waals surface area (Å²) in [5.74, 6) is 1.31. The van der Waals surface area contributed by atoms with Gasteiger partial charge in [0.05, 0.1) is 13.2 Å². The number of rotatable bonds is 8. The lowest BCUT2D eigenvalue weighted by Crippen LogP contribution is -2.42. The Kier molecular flexibility index (Phi) is 7.18. The zero-order valence-electron chi connectivity index (χ0n) is 16.4. The Balaban J connectivity index is 1.63. The Hall–Kier alpha value is -2.24. The van der Waals surface area contributed by atoms with Crippen molar-refractivity contribution >= 4 is 17.5 Å². The molecule has 2 aromatic rings. The van der Waals surface area contributed by atoms with Crippen molar-refractivity contribution in [1.82, 2.24) is 10.2 Å². The van der Waals surface area contributed by atoms with Gasteiger partial charge >= 0.3 is 0 Å². The molecular formula is C22H27ClN2O3. The Bertz CT molecular complexity index is 776. The van der Waals surface area contributed by atoms with E-state index in [-0.39, 0.29) is 11.9 Å². The van der Waals surface area contributed by atoms with Crippen molar-refractivity contribution in [3.05, 3.63) is 59.1 Å². The number of halogens is 1. The summed E-state index contributed by atoms with van der Waals surface area (Å²) in [6.07, 6.45) is 1.78. The SMILES string of the molecule is COc1cccc([C@H](CNC(=O)[C@H](C)Oc2ccc(Cl)cc2)N2CCCC2)c1. The van der Waals surface area contributed by atoms with Gasteiger partial charge in [0.25, 0.3) is 5.91 Å². The highest BCUT2D eigenvalue weighted by molar-refractivity contribution is 6.30. The Morgan fingerprint density at radius 1 is 1.14 bits per heavy atom. The number of methoxy groups -OCH3 is 1. The van der Waals surface area contributed by atoms with E-state index in [1.807, 2.05) is 18.2 Å². The van der Waals surface area contributed by atoms with Crippen LogP contribution in [0.1, 0.15) is 31.4 Å². The van der Waals surface area contributed by atoms with Crippen molar-refractivity contribution in [2.24, 2.45) is 0 Å². The fourth-order valence-electron chi connectivity index (χ4n) is 3.47. The van der Waals surface area contributed by atoms with Crippen molar-refractivity contribution in [1.29, 1.82) is 0 Å². The Labute approximate surface area is 171 Å². The van der Waals surface area contributed by atoms with Gasteiger partial charge < -0.3 is 14.8 Å². The molecule has 0 spiro atoms. The van der Waals surface area contributed by atoms with Crippen molar-refractivity contribution in [3.8, 4) is 11.5 Å². The summed E-state index contributed by atoms with van der Waals surface area (Å²) in [4.78, 5) is 15.0. The molecule has 0 radical (unpaired) electrons. The fourth-order valence-corrected chi connectivity index (χ4v) is 3.60. The van der Waals surface area contributed by atoms with Gasteiger partial charge in [-0.3, -0.25) is 9.69 Å². The molecule has 0 unspecified atom stereocenters. The smallest absolute Gasteiger partial charge is 0.260 e. The number of carbonyl (C=O) groups is 1. The van der Waals surface area contributed by atoms with Crippen LogP contribution in [0.2, 0.25) is 5.02 Å². The van der Waals surface area contributed by atoms with E-state index in [2.05, 4.69) is 16.3 Å². The van der Waals surface area contributed by atoms with Crippen LogP contribution in [0.25, 0.3) is 0 Å². The molecule has 28 heavy (non-hydrogen) atoms. The minimum Gasteiger partial charge on any atom is -0.497 e. The third-order valence-corrected chi connectivity index (χ3v) is 5.28. The monoisotopic (exact) mass is 402 g/mol. The molecule has 1 N–H and O–H groups in total. The van der Waals surface area contributed by atoms with Crippen LogP contribution in [0, 0.1) is 0 Å². The van der Waals surface area contributed by atoms with E-state index < -0.39 is 6.10 Å². The van der Waals surface area contributed by atoms with Crippen LogP contribution >= 0.6 is 11.6 Å². The highest BCUT2D eigenvalue weighted by Crippen LogP contribution is 2.27. The third kappa shape index (κ3) is 5.40. The molecule has 0 saturated carbocycles. The van der Waals surface area contributed by atoms with E-state index >= 15 is 0 Å². The van der Waals surface area contributed by atoms with Gasteiger partial charge in [-0.25, -0.2) is 0 Å². The molecule has 1 aliphatic heterocycles. The van der Waals surface area contributed by atoms with Gasteiger partial charge in [0.2, 0.25) is 0 Å². The molecule has 1 fully saturated rings. The number of hydrogen-bond acceptors (Lipinski definition) is 4. The molecule has 0 aromatic heterocycles. The van der Waals surface area contributed by atoms with Crippen LogP contribution in [0.15, 0.2) is 48.5 Å². The summed E-state index contributed by atoms with van der Waals surface area (Å²) < 4.78 is 11.1. The molecule has 1 aliphatic rings. The zero-order valence-corrected chi connectivity index (χ0v) is 17.1. The molecule has 1 saturated heterocycles. The summed E-state index contributed by atoms with van der Waals surface area (Å²) in [6.45, 7) is 4.35. The zero-order chi connectivity index (χ0) is 19.9. The largest absolute Gasteiger partial charge is 0.497 e. The highest BCUT2D eigenvalue weighted by atomic mass is 35.5. The quantitative estimate of drug-likeness (QED) is 0.723. The van der Waals surface area contributed by atoms with Crippen LogP contribution in [0.3, 0.4) is 0 Å². The number of likely N-dealkylation sites (tertiary alicyclic amines) is 1. The highest BCUT2D eigenvalue weighted by Gasteiger charge is 2.25. The lowest BCUT2D eigenvalue weighted by atomic mass is 10.0. The molecular weight excluding hydrogens is 376 g/mol. The van der Waals surface area contributed by atoms with E-state index in [0.717, 1.165) is 24.4 Å². The number of ether oxygens (including phenoxy) is 2. The molecule has 1 heterocycles. The second-order valence-corrected chi connectivity index (χ2v) is 7.43. The van der Waals surface area contributed by atoms with Crippen LogP contribution in [0.5, 0.6) is 11.5 Å². The normalized spacial score (nSPS) is 16.4. The topological polar surface area (TPSA) is 50.8 Å². The van der Waals surface area contributed by atoms with Crippen LogP contribution < -0.4 is 14.8 Å². The standard InChI is InChI=1S/C22H27ClN2O3/c1-16(28-19-10-8-18(23)9-11-19)22(26)24-15-21(25-12-3-4-13-25)17-6-5-7-20(14-17)27-2/h5-11,14,16,21H,3-4,12-13,15H2,1-2H3,(H,24,26)/t16-,21-/m0/s1. The first-order valence-electron chi connectivity index (χ1n) is 9.65. The van der Waals surface area contributed by atoms with Crippen LogP contribution in [0.4, 0.5) is 0 Å². The van der Waals surface area contributed by atoms with Gasteiger partial charge in [0.1, 0.15) is 11.5 Å². The second kappa shape index (κ2) is 9.80. The molecule has 6 heteroatoms. The maximum atomic E-state index is 12.6. The van der Waals surface area contributed by atoms with E-state index in [1.165, 1.54) is 12.8 Å². The number of nitrogens with one attached hydrogen (secondary N) is 1. The first-order valence-corrected chi connectivity index (χ1v) is 10.0. The average Bonchev–Trinajstić information content (AvgIpc) is 3.24. The van der Waals surface area contributed by atoms with Gasteiger partial charge in [-0.1, -0.05) is 23.7 Å². The number of amides is 1. The second-order valence-electron chi connectivity index (χ2n) is 6.99. The predicted octanol–water partition coefficient (Wildman–Crippen LogP) is 4.07. The minimum atomic E-state index is -0.592. The summed E-state index contributed by atoms with van der Waals surface area (Å²) in [5, 5.41) is 3.69. The summed E-state index contributed by atoms with van der Waals surface area (Å²) in [5.41, 5.74) is 1.15. The van der Waals surface area contributed by atoms with E-state index in [9.17, 15) is 4.79 Å². The summed E-state index contributed by atoms with van der Waals surface area (Å²) in [7, 11) is 1.67. The first-order chi connectivity index (χ1) is 13.6. The maximum absolute atomic E-state index is 12.6. The van der Waals surface area contributed by atoms with Crippen molar-refractivity contribution in [3.63, 3.8) is 0 Å². The van der Waals surface area contributed by atoms with Gasteiger partial charge in [-0.05, 0) is 74.8 Å². The maximum Gasteiger partial charge on any atom is 0.260 e. The Morgan fingerprint density at radius 2 is 1.86 bits per heavy atom. The minimum absolute atomic E-state index is 0.115. The van der Waals surface area contributed by atoms with Crippen LogP contribution in [-0.4, -0.2) is 43.7 Å². The number of carbonyl (C=O) groups excluding carboxylic acids is 1. The third-order valence-electron chi connectivity index (χ3n) is 5.03. The average molecular weight is 403 g/mol. The van der Waals surface area contributed by atoms with E-state index in [0.29, 0.717) is 17.3 Å². The number of benzene rings is 2. The molecule has 2 aromatic carbocycles. The van der Waals surface area contributed by atoms with Gasteiger partial charge in [-0.2, -0.15) is 0 Å². The Morgan fingerprint density at radius 3 is 2.54 bits per heavy atom. The molecule has 5 nitrogen and oxygen atoms in total. The van der Waals surface area contributed by atoms with Crippen molar-refractivity contribution in [2.75, 3.05) is 26.7 Å². The lowest BCUT2D eigenvalue weighted by molar-refractivity contribution is -0.127. The predicted molar refractivity (Wildman–Crippen MR) is 111 cm³/mol. The van der Waals surface area contributed by atoms with Gasteiger partial charge in [0, 0.05) is 11.6 Å². The molecule has 0 aliphatic carbocycles. The summed E-state index contributed by atoms with van der Waals surface area (Å²) in [6, 6.07) is 15.2. The van der Waals surface area contributed by atoms with Gasteiger partial charge in [-0.15, -0.1) is 0 Å². The molecule has 0 bridgehead atoms. The van der Waals surface area contributed by atoms with E-state index in [4.69, 9.17) is 21.1 Å². The summed E-state index contributed by atoms with van der Waals surface area (Å²) >= 11 is 5.89. The van der Waals surface area contributed by atoms with E-state index in [1.54, 1.807) is 38.3 Å². The lowest BCUT2D eigenvalue weighted by Gasteiger charge is -2.29. The van der Waals surface area contributed by atoms with Gasteiger partial charge in [0.15, 0.2) is 6.10 Å². The number of hydrogen-bond donors (Lipinski definition) is 1. The fraction of sp³-hybridized carbons (Fsp3) is 0.409. The van der Waals surface area contributed by atoms with Crippen molar-refractivity contribution in [2.45, 2.75) is 31.9 Å².